The number of ether oxygens (including phenoxy) is 1. The number of aliphatic hydroxyl groups is 1. The Kier molecular flexibility index (Phi) is 3.81. The van der Waals surface area contributed by atoms with Gasteiger partial charge in [-0.25, -0.2) is 0 Å². The highest BCUT2D eigenvalue weighted by Crippen LogP contribution is 2.11. The topological polar surface area (TPSA) is 29.5 Å². The van der Waals surface area contributed by atoms with Crippen LogP contribution in [0.5, 0.6) is 0 Å². The highest BCUT2D eigenvalue weighted by molar-refractivity contribution is 5.56. The van der Waals surface area contributed by atoms with Gasteiger partial charge >= 0.3 is 0 Å². The largest absolute Gasteiger partial charge is 0.504 e. The second-order valence-corrected chi connectivity index (χ2v) is 3.67. The smallest absolute Gasteiger partial charge is 0.157 e. The van der Waals surface area contributed by atoms with Crippen LogP contribution in [0.4, 0.5) is 0 Å². The molecule has 0 fully saturated rings. The summed E-state index contributed by atoms with van der Waals surface area (Å²) in [5.74, 6) is 0.140. The van der Waals surface area contributed by atoms with Crippen LogP contribution in [0, 0.1) is 0 Å². The summed E-state index contributed by atoms with van der Waals surface area (Å²) in [5, 5.41) is 9.73. The number of benzene rings is 2. The molecule has 0 bridgehead atoms. The lowest BCUT2D eigenvalue weighted by molar-refractivity contribution is 0.231. The molecule has 2 aromatic rings. The monoisotopic (exact) mass is 226 g/mol. The summed E-state index contributed by atoms with van der Waals surface area (Å²) < 4.78 is 5.32. The first-order valence-corrected chi connectivity index (χ1v) is 5.46. The van der Waals surface area contributed by atoms with Crippen LogP contribution in [-0.2, 0) is 11.3 Å². The van der Waals surface area contributed by atoms with Crippen LogP contribution >= 0.6 is 0 Å². The maximum absolute atomic E-state index is 9.73. The van der Waals surface area contributed by atoms with E-state index in [-0.39, 0.29) is 5.76 Å². The van der Waals surface area contributed by atoms with Crippen molar-refractivity contribution in [2.45, 2.75) is 6.61 Å². The first-order valence-electron chi connectivity index (χ1n) is 5.46. The number of hydrogen-bond donors (Lipinski definition) is 1. The molecule has 2 heteroatoms. The predicted octanol–water partition coefficient (Wildman–Crippen LogP) is 3.76. The first kappa shape index (κ1) is 11.3. The van der Waals surface area contributed by atoms with Crippen molar-refractivity contribution >= 4 is 5.76 Å². The molecule has 0 aliphatic heterocycles. The van der Waals surface area contributed by atoms with E-state index in [0.717, 1.165) is 11.1 Å². The van der Waals surface area contributed by atoms with Gasteiger partial charge in [0.15, 0.2) is 5.76 Å². The molecule has 0 unspecified atom stereocenters. The van der Waals surface area contributed by atoms with Crippen LogP contribution in [0.15, 0.2) is 66.9 Å². The molecule has 0 saturated carbocycles. The maximum Gasteiger partial charge on any atom is 0.157 e. The van der Waals surface area contributed by atoms with Gasteiger partial charge in [0, 0.05) is 5.56 Å². The van der Waals surface area contributed by atoms with Crippen molar-refractivity contribution in [2.75, 3.05) is 0 Å². The summed E-state index contributed by atoms with van der Waals surface area (Å²) in [5.41, 5.74) is 1.82. The standard InChI is InChI=1S/C15H14O2/c16-15(14-9-5-2-6-10-14)12-17-11-13-7-3-1-4-8-13/h1-10,12,16H,11H2/b15-12+. The second kappa shape index (κ2) is 5.75. The minimum Gasteiger partial charge on any atom is -0.504 e. The molecule has 0 aromatic heterocycles. The average Bonchev–Trinajstić information content (AvgIpc) is 2.41. The SMILES string of the molecule is O/C(=C/OCc1ccccc1)c1ccccc1. The fourth-order valence-corrected chi connectivity index (χ4v) is 1.47. The Labute approximate surface area is 101 Å². The Morgan fingerprint density at radius 1 is 0.941 bits per heavy atom. The van der Waals surface area contributed by atoms with Crippen LogP contribution in [0.2, 0.25) is 0 Å². The van der Waals surface area contributed by atoms with E-state index in [2.05, 4.69) is 0 Å². The zero-order valence-electron chi connectivity index (χ0n) is 9.41. The van der Waals surface area contributed by atoms with Gasteiger partial charge in [0.1, 0.15) is 12.9 Å². The Hall–Kier alpha value is -2.22. The van der Waals surface area contributed by atoms with Crippen molar-refractivity contribution in [1.82, 2.24) is 0 Å². The summed E-state index contributed by atoms with van der Waals surface area (Å²) in [6, 6.07) is 19.1. The van der Waals surface area contributed by atoms with Crippen LogP contribution in [-0.4, -0.2) is 5.11 Å². The first-order chi connectivity index (χ1) is 8.36. The van der Waals surface area contributed by atoms with Crippen LogP contribution in [0.3, 0.4) is 0 Å². The molecule has 1 N–H and O–H groups in total. The van der Waals surface area contributed by atoms with Crippen LogP contribution in [0.25, 0.3) is 5.76 Å². The van der Waals surface area contributed by atoms with E-state index in [1.54, 1.807) is 0 Å². The van der Waals surface area contributed by atoms with E-state index in [0.29, 0.717) is 6.61 Å². The highest BCUT2D eigenvalue weighted by atomic mass is 16.5. The number of rotatable bonds is 4. The second-order valence-electron chi connectivity index (χ2n) is 3.67. The minimum atomic E-state index is 0.140. The molecule has 2 nitrogen and oxygen atoms in total. The number of aliphatic hydroxyl groups excluding tert-OH is 1. The van der Waals surface area contributed by atoms with Crippen molar-refractivity contribution in [2.24, 2.45) is 0 Å². The molecule has 0 spiro atoms. The van der Waals surface area contributed by atoms with Gasteiger partial charge in [-0.15, -0.1) is 0 Å². The van der Waals surface area contributed by atoms with E-state index in [1.165, 1.54) is 6.26 Å². The molecule has 0 saturated heterocycles. The Morgan fingerprint density at radius 3 is 2.18 bits per heavy atom. The number of hydrogen-bond acceptors (Lipinski definition) is 2. The van der Waals surface area contributed by atoms with E-state index < -0.39 is 0 Å². The molecule has 0 atom stereocenters. The lowest BCUT2D eigenvalue weighted by Gasteiger charge is -2.03. The van der Waals surface area contributed by atoms with Crippen LogP contribution < -0.4 is 0 Å². The third-order valence-electron chi connectivity index (χ3n) is 2.36. The van der Waals surface area contributed by atoms with Gasteiger partial charge in [0.05, 0.1) is 0 Å². The molecule has 0 amide bonds. The molecule has 17 heavy (non-hydrogen) atoms. The summed E-state index contributed by atoms with van der Waals surface area (Å²) in [6.07, 6.45) is 1.38. The predicted molar refractivity (Wildman–Crippen MR) is 68.3 cm³/mol. The van der Waals surface area contributed by atoms with Crippen LogP contribution in [0.1, 0.15) is 11.1 Å². The Balaban J connectivity index is 1.93. The summed E-state index contributed by atoms with van der Waals surface area (Å²) in [6.45, 7) is 0.456. The zero-order valence-corrected chi connectivity index (χ0v) is 9.41. The van der Waals surface area contributed by atoms with E-state index in [4.69, 9.17) is 4.74 Å². The third kappa shape index (κ3) is 3.38. The molecule has 0 aliphatic carbocycles. The lowest BCUT2D eigenvalue weighted by atomic mass is 10.2. The normalized spacial score (nSPS) is 11.2. The summed E-state index contributed by atoms with van der Waals surface area (Å²) >= 11 is 0. The average molecular weight is 226 g/mol. The molecule has 0 radical (unpaired) electrons. The van der Waals surface area contributed by atoms with E-state index >= 15 is 0 Å². The van der Waals surface area contributed by atoms with Gasteiger partial charge in [-0.05, 0) is 5.56 Å². The van der Waals surface area contributed by atoms with Crippen molar-refractivity contribution in [1.29, 1.82) is 0 Å². The molecule has 2 rings (SSSR count). The molecular formula is C15H14O2. The third-order valence-corrected chi connectivity index (χ3v) is 2.36. The van der Waals surface area contributed by atoms with Crippen molar-refractivity contribution in [3.8, 4) is 0 Å². The zero-order chi connectivity index (χ0) is 11.9. The Bertz CT molecular complexity index is 475. The van der Waals surface area contributed by atoms with Gasteiger partial charge in [-0.1, -0.05) is 60.7 Å². The fourth-order valence-electron chi connectivity index (χ4n) is 1.47. The molecular weight excluding hydrogens is 212 g/mol. The fraction of sp³-hybridized carbons (Fsp3) is 0.0667. The summed E-state index contributed by atoms with van der Waals surface area (Å²) in [7, 11) is 0. The van der Waals surface area contributed by atoms with Gasteiger partial charge in [0.2, 0.25) is 0 Å². The van der Waals surface area contributed by atoms with Gasteiger partial charge < -0.3 is 9.84 Å². The van der Waals surface area contributed by atoms with Crippen molar-refractivity contribution in [3.05, 3.63) is 78.1 Å². The highest BCUT2D eigenvalue weighted by Gasteiger charge is 1.97. The van der Waals surface area contributed by atoms with Gasteiger partial charge in [0.25, 0.3) is 0 Å². The lowest BCUT2D eigenvalue weighted by Crippen LogP contribution is -1.88. The summed E-state index contributed by atoms with van der Waals surface area (Å²) in [4.78, 5) is 0. The van der Waals surface area contributed by atoms with E-state index in [9.17, 15) is 5.11 Å². The molecule has 0 aliphatic rings. The molecule has 86 valence electrons. The van der Waals surface area contributed by atoms with Crippen molar-refractivity contribution < 1.29 is 9.84 Å². The minimum absolute atomic E-state index is 0.140. The van der Waals surface area contributed by atoms with E-state index in [1.807, 2.05) is 60.7 Å². The molecule has 0 heterocycles. The van der Waals surface area contributed by atoms with Gasteiger partial charge in [-0.3, -0.25) is 0 Å². The maximum atomic E-state index is 9.73. The van der Waals surface area contributed by atoms with Crippen molar-refractivity contribution in [3.63, 3.8) is 0 Å². The van der Waals surface area contributed by atoms with Gasteiger partial charge in [-0.2, -0.15) is 0 Å². The Morgan fingerprint density at radius 2 is 1.53 bits per heavy atom. The quantitative estimate of drug-likeness (QED) is 0.804. The molecule has 2 aromatic carbocycles.